The fourth-order valence-corrected chi connectivity index (χ4v) is 2.00. The van der Waals surface area contributed by atoms with Crippen molar-refractivity contribution in [3.63, 3.8) is 0 Å². The number of ether oxygens (including phenoxy) is 1. The fraction of sp³-hybridized carbons (Fsp3) is 0.727. The number of rotatable bonds is 2. The highest BCUT2D eigenvalue weighted by atomic mass is 35.5. The quantitative estimate of drug-likeness (QED) is 0.806. The molecule has 1 aliphatic rings. The lowest BCUT2D eigenvalue weighted by Gasteiger charge is -2.23. The zero-order valence-electron chi connectivity index (χ0n) is 10.9. The van der Waals surface area contributed by atoms with E-state index in [9.17, 15) is 0 Å². The lowest BCUT2D eigenvalue weighted by Crippen LogP contribution is -2.32. The monoisotopic (exact) mass is 271 g/mol. The number of nitrogens with zero attached hydrogens (tertiary/aromatic N) is 5. The number of hydrogen-bond donors (Lipinski definition) is 0. The molecular formula is C11H18ClN5O. The van der Waals surface area contributed by atoms with Crippen molar-refractivity contribution in [1.82, 2.24) is 15.0 Å². The summed E-state index contributed by atoms with van der Waals surface area (Å²) in [5.41, 5.74) is 0. The Hall–Kier alpha value is -1.14. The molecular weight excluding hydrogens is 254 g/mol. The third-order valence-electron chi connectivity index (χ3n) is 2.72. The fourth-order valence-electron chi connectivity index (χ4n) is 1.85. The molecule has 0 aliphatic carbocycles. The number of hydrogen-bond acceptors (Lipinski definition) is 6. The molecule has 1 fully saturated rings. The summed E-state index contributed by atoms with van der Waals surface area (Å²) in [6.07, 6.45) is 1.14. The maximum atomic E-state index is 5.94. The molecule has 18 heavy (non-hydrogen) atoms. The van der Waals surface area contributed by atoms with E-state index in [1.54, 1.807) is 0 Å². The largest absolute Gasteiger partial charge is 0.377 e. The average Bonchev–Trinajstić information content (AvgIpc) is 2.53. The predicted octanol–water partition coefficient (Wildman–Crippen LogP) is 1.21. The summed E-state index contributed by atoms with van der Waals surface area (Å²) in [5, 5.41) is 0.224. The highest BCUT2D eigenvalue weighted by Gasteiger charge is 2.19. The molecule has 1 saturated heterocycles. The number of aromatic nitrogens is 3. The molecule has 0 radical (unpaired) electrons. The van der Waals surface area contributed by atoms with Crippen molar-refractivity contribution in [2.45, 2.75) is 19.4 Å². The van der Waals surface area contributed by atoms with Crippen LogP contribution in [0.4, 0.5) is 11.9 Å². The molecule has 1 aliphatic heterocycles. The molecule has 0 N–H and O–H groups in total. The second kappa shape index (κ2) is 5.67. The van der Waals surface area contributed by atoms with Crippen LogP contribution in [0.1, 0.15) is 13.3 Å². The van der Waals surface area contributed by atoms with Gasteiger partial charge >= 0.3 is 0 Å². The minimum Gasteiger partial charge on any atom is -0.377 e. The van der Waals surface area contributed by atoms with E-state index >= 15 is 0 Å². The molecule has 2 rings (SSSR count). The van der Waals surface area contributed by atoms with Crippen molar-refractivity contribution in [3.8, 4) is 0 Å². The van der Waals surface area contributed by atoms with Crippen LogP contribution in [-0.2, 0) is 4.74 Å². The molecule has 1 aromatic heterocycles. The first-order chi connectivity index (χ1) is 8.56. The molecule has 6 nitrogen and oxygen atoms in total. The summed E-state index contributed by atoms with van der Waals surface area (Å²) >= 11 is 5.94. The van der Waals surface area contributed by atoms with Crippen molar-refractivity contribution < 1.29 is 4.74 Å². The van der Waals surface area contributed by atoms with Gasteiger partial charge in [-0.3, -0.25) is 0 Å². The Bertz CT molecular complexity index is 414. The van der Waals surface area contributed by atoms with Crippen LogP contribution in [-0.4, -0.2) is 54.8 Å². The van der Waals surface area contributed by atoms with Crippen molar-refractivity contribution in [2.75, 3.05) is 43.6 Å². The second-order valence-electron chi connectivity index (χ2n) is 4.58. The summed E-state index contributed by atoms with van der Waals surface area (Å²) in [6.45, 7) is 4.47. The first-order valence-electron chi connectivity index (χ1n) is 6.01. The van der Waals surface area contributed by atoms with Crippen molar-refractivity contribution >= 4 is 23.5 Å². The van der Waals surface area contributed by atoms with Crippen LogP contribution in [0.5, 0.6) is 0 Å². The molecule has 0 saturated carbocycles. The molecule has 1 aromatic rings. The Morgan fingerprint density at radius 2 is 2.11 bits per heavy atom. The van der Waals surface area contributed by atoms with Gasteiger partial charge in [-0.25, -0.2) is 0 Å². The van der Waals surface area contributed by atoms with Crippen molar-refractivity contribution in [1.29, 1.82) is 0 Å². The summed E-state index contributed by atoms with van der Waals surface area (Å²) in [5.74, 6) is 1.19. The molecule has 1 unspecified atom stereocenters. The van der Waals surface area contributed by atoms with E-state index in [0.29, 0.717) is 11.9 Å². The molecule has 0 amide bonds. The van der Waals surface area contributed by atoms with Crippen LogP contribution >= 0.6 is 11.6 Å². The Kier molecular flexibility index (Phi) is 4.19. The van der Waals surface area contributed by atoms with Gasteiger partial charge in [-0.2, -0.15) is 15.0 Å². The molecule has 7 heteroatoms. The summed E-state index contributed by atoms with van der Waals surface area (Å²) < 4.78 is 5.61. The van der Waals surface area contributed by atoms with Gasteiger partial charge in [0.25, 0.3) is 0 Å². The lowest BCUT2D eigenvalue weighted by molar-refractivity contribution is 0.0820. The van der Waals surface area contributed by atoms with E-state index in [4.69, 9.17) is 16.3 Å². The summed E-state index contributed by atoms with van der Waals surface area (Å²) in [7, 11) is 3.76. The van der Waals surface area contributed by atoms with Gasteiger partial charge in [0.1, 0.15) is 0 Å². The van der Waals surface area contributed by atoms with Crippen LogP contribution < -0.4 is 9.80 Å². The highest BCUT2D eigenvalue weighted by molar-refractivity contribution is 6.28. The zero-order valence-corrected chi connectivity index (χ0v) is 11.7. The third-order valence-corrected chi connectivity index (χ3v) is 2.89. The van der Waals surface area contributed by atoms with Crippen LogP contribution in [0, 0.1) is 0 Å². The zero-order chi connectivity index (χ0) is 13.1. The lowest BCUT2D eigenvalue weighted by atomic mass is 10.3. The third kappa shape index (κ3) is 3.20. The van der Waals surface area contributed by atoms with Gasteiger partial charge in [0.05, 0.1) is 6.10 Å². The average molecular weight is 272 g/mol. The van der Waals surface area contributed by atoms with Crippen molar-refractivity contribution in [3.05, 3.63) is 5.28 Å². The standard InChI is InChI=1S/C11H18ClN5O/c1-8-7-17(5-4-6-18-8)11-14-9(12)13-10(15-11)16(2)3/h8H,4-7H2,1-3H3. The van der Waals surface area contributed by atoms with Gasteiger partial charge in [0.2, 0.25) is 17.2 Å². The topological polar surface area (TPSA) is 54.4 Å². The first kappa shape index (κ1) is 13.3. The summed E-state index contributed by atoms with van der Waals surface area (Å²) in [4.78, 5) is 16.6. The van der Waals surface area contributed by atoms with Gasteiger partial charge in [-0.1, -0.05) is 0 Å². The van der Waals surface area contributed by atoms with E-state index in [2.05, 4.69) is 19.9 Å². The van der Waals surface area contributed by atoms with E-state index < -0.39 is 0 Å². The first-order valence-corrected chi connectivity index (χ1v) is 6.39. The highest BCUT2D eigenvalue weighted by Crippen LogP contribution is 2.17. The van der Waals surface area contributed by atoms with Crippen LogP contribution in [0.3, 0.4) is 0 Å². The molecule has 2 heterocycles. The van der Waals surface area contributed by atoms with Gasteiger partial charge in [-0.15, -0.1) is 0 Å². The van der Waals surface area contributed by atoms with E-state index in [-0.39, 0.29) is 11.4 Å². The molecule has 0 bridgehead atoms. The van der Waals surface area contributed by atoms with Gasteiger partial charge < -0.3 is 14.5 Å². The SMILES string of the molecule is CC1CN(c2nc(Cl)nc(N(C)C)n2)CCCO1. The Morgan fingerprint density at radius 1 is 1.33 bits per heavy atom. The Balaban J connectivity index is 2.25. The van der Waals surface area contributed by atoms with Gasteiger partial charge in [0, 0.05) is 33.8 Å². The maximum Gasteiger partial charge on any atom is 0.231 e. The van der Waals surface area contributed by atoms with E-state index in [1.165, 1.54) is 0 Å². The second-order valence-corrected chi connectivity index (χ2v) is 4.92. The Morgan fingerprint density at radius 3 is 2.83 bits per heavy atom. The molecule has 0 spiro atoms. The van der Waals surface area contributed by atoms with Crippen LogP contribution in [0.2, 0.25) is 5.28 Å². The van der Waals surface area contributed by atoms with E-state index in [0.717, 1.165) is 26.1 Å². The predicted molar refractivity (Wildman–Crippen MR) is 71.4 cm³/mol. The molecule has 100 valence electrons. The van der Waals surface area contributed by atoms with Gasteiger partial charge in [0.15, 0.2) is 0 Å². The van der Waals surface area contributed by atoms with Crippen LogP contribution in [0.25, 0.3) is 0 Å². The minimum absolute atomic E-state index is 0.172. The normalized spacial score (nSPS) is 20.7. The Labute approximate surface area is 112 Å². The molecule has 1 atom stereocenters. The smallest absolute Gasteiger partial charge is 0.231 e. The van der Waals surface area contributed by atoms with Gasteiger partial charge in [-0.05, 0) is 24.9 Å². The van der Waals surface area contributed by atoms with Crippen LogP contribution in [0.15, 0.2) is 0 Å². The van der Waals surface area contributed by atoms with E-state index in [1.807, 2.05) is 25.9 Å². The minimum atomic E-state index is 0.172. The van der Waals surface area contributed by atoms with Crippen molar-refractivity contribution in [2.24, 2.45) is 0 Å². The molecule has 0 aromatic carbocycles. The number of halogens is 1. The summed E-state index contributed by atoms with van der Waals surface area (Å²) in [6, 6.07) is 0. The maximum absolute atomic E-state index is 5.94. The number of anilines is 2.